The first-order chi connectivity index (χ1) is 12.6. The Morgan fingerprint density at radius 1 is 1.12 bits per heavy atom. The second-order valence-electron chi connectivity index (χ2n) is 5.33. The Bertz CT molecular complexity index is 780. The van der Waals surface area contributed by atoms with Crippen molar-refractivity contribution in [1.29, 1.82) is 0 Å². The summed E-state index contributed by atoms with van der Waals surface area (Å²) in [7, 11) is 1.56. The molecule has 0 unspecified atom stereocenters. The number of rotatable bonds is 8. The number of carbonyl (C=O) groups is 2. The molecule has 6 nitrogen and oxygen atoms in total. The molecule has 0 atom stereocenters. The lowest BCUT2D eigenvalue weighted by atomic mass is 10.1. The van der Waals surface area contributed by atoms with E-state index < -0.39 is 0 Å². The fraction of sp³-hybridized carbons (Fsp3) is 0.263. The van der Waals surface area contributed by atoms with Crippen LogP contribution < -0.4 is 15.4 Å². The van der Waals surface area contributed by atoms with Crippen LogP contribution in [-0.4, -0.2) is 38.7 Å². The van der Waals surface area contributed by atoms with E-state index in [0.29, 0.717) is 47.3 Å². The summed E-state index contributed by atoms with van der Waals surface area (Å²) >= 11 is 6.13. The number of nitrogens with one attached hydrogen (secondary N) is 2. The van der Waals surface area contributed by atoms with E-state index >= 15 is 0 Å². The van der Waals surface area contributed by atoms with E-state index in [1.165, 1.54) is 6.07 Å². The Labute approximate surface area is 157 Å². The van der Waals surface area contributed by atoms with Crippen LogP contribution in [-0.2, 0) is 4.74 Å². The van der Waals surface area contributed by atoms with E-state index in [-0.39, 0.29) is 11.8 Å². The van der Waals surface area contributed by atoms with Gasteiger partial charge in [0.15, 0.2) is 0 Å². The molecule has 26 heavy (non-hydrogen) atoms. The normalized spacial score (nSPS) is 10.3. The minimum absolute atomic E-state index is 0.289. The summed E-state index contributed by atoms with van der Waals surface area (Å²) in [6.45, 7) is 3.12. The summed E-state index contributed by atoms with van der Waals surface area (Å²) in [4.78, 5) is 24.8. The predicted octanol–water partition coefficient (Wildman–Crippen LogP) is 3.37. The lowest BCUT2D eigenvalue weighted by Gasteiger charge is -2.12. The van der Waals surface area contributed by atoms with Gasteiger partial charge in [-0.25, -0.2) is 0 Å². The van der Waals surface area contributed by atoms with E-state index in [2.05, 4.69) is 10.6 Å². The maximum absolute atomic E-state index is 12.5. The first-order valence-corrected chi connectivity index (χ1v) is 8.54. The molecule has 0 aliphatic carbocycles. The molecule has 0 aliphatic rings. The van der Waals surface area contributed by atoms with Crippen molar-refractivity contribution in [1.82, 2.24) is 5.32 Å². The highest BCUT2D eigenvalue weighted by Gasteiger charge is 2.15. The van der Waals surface area contributed by atoms with Gasteiger partial charge < -0.3 is 20.1 Å². The summed E-state index contributed by atoms with van der Waals surface area (Å²) in [5.41, 5.74) is 1.15. The number of halogens is 1. The molecule has 0 aromatic heterocycles. The van der Waals surface area contributed by atoms with Crippen LogP contribution in [0.2, 0.25) is 5.02 Å². The molecule has 2 N–H and O–H groups in total. The molecule has 0 bridgehead atoms. The van der Waals surface area contributed by atoms with Gasteiger partial charge in [-0.3, -0.25) is 9.59 Å². The van der Waals surface area contributed by atoms with Gasteiger partial charge in [0.1, 0.15) is 5.75 Å². The van der Waals surface area contributed by atoms with E-state index in [1.54, 1.807) is 43.5 Å². The average Bonchev–Trinajstić information content (AvgIpc) is 2.64. The number of carbonyl (C=O) groups excluding carboxylic acids is 2. The topological polar surface area (TPSA) is 76.7 Å². The number of hydrogen-bond donors (Lipinski definition) is 2. The lowest BCUT2D eigenvalue weighted by Crippen LogP contribution is -2.28. The van der Waals surface area contributed by atoms with Crippen LogP contribution in [0.5, 0.6) is 5.75 Å². The zero-order valence-corrected chi connectivity index (χ0v) is 15.4. The quantitative estimate of drug-likeness (QED) is 0.692. The van der Waals surface area contributed by atoms with Crippen LogP contribution in [0, 0.1) is 0 Å². The number of benzene rings is 2. The van der Waals surface area contributed by atoms with Gasteiger partial charge in [-0.05, 0) is 37.3 Å². The fourth-order valence-electron chi connectivity index (χ4n) is 2.26. The van der Waals surface area contributed by atoms with Crippen LogP contribution in [0.15, 0.2) is 42.5 Å². The molecule has 0 fully saturated rings. The second kappa shape index (κ2) is 9.79. The highest BCUT2D eigenvalue weighted by Crippen LogP contribution is 2.26. The molecule has 2 aromatic rings. The lowest BCUT2D eigenvalue weighted by molar-refractivity contribution is 0.0938. The van der Waals surface area contributed by atoms with Crippen molar-refractivity contribution < 1.29 is 19.1 Å². The molecule has 2 amide bonds. The molecule has 0 heterocycles. The third kappa shape index (κ3) is 5.21. The minimum atomic E-state index is -0.368. The van der Waals surface area contributed by atoms with E-state index in [9.17, 15) is 9.59 Å². The molecule has 7 heteroatoms. The van der Waals surface area contributed by atoms with Crippen LogP contribution in [0.3, 0.4) is 0 Å². The highest BCUT2D eigenvalue weighted by molar-refractivity contribution is 6.32. The largest absolute Gasteiger partial charge is 0.492 e. The van der Waals surface area contributed by atoms with Gasteiger partial charge in [0.2, 0.25) is 0 Å². The Hall–Kier alpha value is -2.57. The van der Waals surface area contributed by atoms with Crippen LogP contribution in [0.4, 0.5) is 5.69 Å². The Morgan fingerprint density at radius 3 is 2.58 bits per heavy atom. The zero-order chi connectivity index (χ0) is 18.9. The summed E-state index contributed by atoms with van der Waals surface area (Å²) in [5, 5.41) is 5.83. The molecule has 0 spiro atoms. The van der Waals surface area contributed by atoms with Crippen molar-refractivity contribution in [2.45, 2.75) is 6.92 Å². The second-order valence-corrected chi connectivity index (χ2v) is 5.73. The molecular formula is C19H21ClN2O4. The number of anilines is 1. The summed E-state index contributed by atoms with van der Waals surface area (Å²) in [6.07, 6.45) is 0. The van der Waals surface area contributed by atoms with Crippen LogP contribution in [0.25, 0.3) is 0 Å². The van der Waals surface area contributed by atoms with Gasteiger partial charge in [0.05, 0.1) is 29.5 Å². The summed E-state index contributed by atoms with van der Waals surface area (Å²) in [5.74, 6) is -0.140. The highest BCUT2D eigenvalue weighted by atomic mass is 35.5. The Morgan fingerprint density at radius 2 is 1.88 bits per heavy atom. The average molecular weight is 377 g/mol. The Kier molecular flexibility index (Phi) is 7.44. The third-order valence-corrected chi connectivity index (χ3v) is 3.80. The summed E-state index contributed by atoms with van der Waals surface area (Å²) < 4.78 is 10.3. The monoisotopic (exact) mass is 376 g/mol. The van der Waals surface area contributed by atoms with Crippen LogP contribution >= 0.6 is 11.6 Å². The summed E-state index contributed by atoms with van der Waals surface area (Å²) in [6, 6.07) is 11.6. The fourth-order valence-corrected chi connectivity index (χ4v) is 2.50. The molecular weight excluding hydrogens is 356 g/mol. The molecule has 2 aromatic carbocycles. The Balaban J connectivity index is 2.14. The number of amides is 2. The molecule has 0 aliphatic heterocycles. The maximum atomic E-state index is 12.5. The zero-order valence-electron chi connectivity index (χ0n) is 14.7. The molecule has 0 saturated heterocycles. The standard InChI is InChI=1S/C19H21ClN2O4/c1-3-26-17-9-8-13(12-15(17)20)18(23)22-16-7-5-4-6-14(16)19(24)21-10-11-25-2/h4-9,12H,3,10-11H2,1-2H3,(H,21,24)(H,22,23). The van der Waals surface area contributed by atoms with Gasteiger partial charge in [-0.15, -0.1) is 0 Å². The van der Waals surface area contributed by atoms with Gasteiger partial charge in [0, 0.05) is 19.2 Å². The number of methoxy groups -OCH3 is 1. The minimum Gasteiger partial charge on any atom is -0.492 e. The van der Waals surface area contributed by atoms with Crippen molar-refractivity contribution in [2.75, 3.05) is 32.2 Å². The van der Waals surface area contributed by atoms with Crippen molar-refractivity contribution in [2.24, 2.45) is 0 Å². The maximum Gasteiger partial charge on any atom is 0.255 e. The molecule has 0 radical (unpaired) electrons. The van der Waals surface area contributed by atoms with Crippen molar-refractivity contribution in [3.63, 3.8) is 0 Å². The number of hydrogen-bond acceptors (Lipinski definition) is 4. The molecule has 0 saturated carbocycles. The molecule has 2 rings (SSSR count). The third-order valence-electron chi connectivity index (χ3n) is 3.51. The first-order valence-electron chi connectivity index (χ1n) is 8.16. The van der Waals surface area contributed by atoms with Gasteiger partial charge in [-0.2, -0.15) is 0 Å². The SMILES string of the molecule is CCOc1ccc(C(=O)Nc2ccccc2C(=O)NCCOC)cc1Cl. The number of ether oxygens (including phenoxy) is 2. The van der Waals surface area contributed by atoms with E-state index in [4.69, 9.17) is 21.1 Å². The van der Waals surface area contributed by atoms with Gasteiger partial charge in [0.25, 0.3) is 11.8 Å². The smallest absolute Gasteiger partial charge is 0.255 e. The van der Waals surface area contributed by atoms with E-state index in [0.717, 1.165) is 0 Å². The van der Waals surface area contributed by atoms with Gasteiger partial charge >= 0.3 is 0 Å². The van der Waals surface area contributed by atoms with Crippen LogP contribution in [0.1, 0.15) is 27.6 Å². The molecule has 138 valence electrons. The van der Waals surface area contributed by atoms with Crippen molar-refractivity contribution in [3.8, 4) is 5.75 Å². The van der Waals surface area contributed by atoms with Crippen molar-refractivity contribution >= 4 is 29.1 Å². The van der Waals surface area contributed by atoms with Gasteiger partial charge in [-0.1, -0.05) is 23.7 Å². The predicted molar refractivity (Wildman–Crippen MR) is 101 cm³/mol. The van der Waals surface area contributed by atoms with E-state index in [1.807, 2.05) is 6.92 Å². The van der Waals surface area contributed by atoms with Crippen molar-refractivity contribution in [3.05, 3.63) is 58.6 Å². The first kappa shape index (κ1) is 19.8. The number of para-hydroxylation sites is 1.